The van der Waals surface area contributed by atoms with Crippen molar-refractivity contribution in [3.8, 4) is 11.3 Å². The van der Waals surface area contributed by atoms with E-state index in [0.29, 0.717) is 0 Å². The second kappa shape index (κ2) is 5.25. The van der Waals surface area contributed by atoms with E-state index in [1.807, 2.05) is 22.9 Å². The first-order valence-corrected chi connectivity index (χ1v) is 6.54. The van der Waals surface area contributed by atoms with Crippen LogP contribution in [0.5, 0.6) is 0 Å². The first-order chi connectivity index (χ1) is 8.65. The minimum atomic E-state index is 0.0457. The van der Waals surface area contributed by atoms with Gasteiger partial charge in [-0.1, -0.05) is 43.7 Å². The van der Waals surface area contributed by atoms with Crippen LogP contribution in [0.1, 0.15) is 38.8 Å². The summed E-state index contributed by atoms with van der Waals surface area (Å²) in [5, 5.41) is 2.96. The van der Waals surface area contributed by atoms with E-state index in [1.54, 1.807) is 0 Å². The van der Waals surface area contributed by atoms with Crippen LogP contribution in [0.25, 0.3) is 11.3 Å². The number of nitrogens with zero attached hydrogens (tertiary/aromatic N) is 1. The molecule has 1 N–H and O–H groups in total. The molecule has 1 aromatic heterocycles. The Bertz CT molecular complexity index is 564. The molecule has 0 aliphatic rings. The maximum Gasteiger partial charge on any atom is 0.267 e. The van der Waals surface area contributed by atoms with Crippen molar-refractivity contribution in [3.05, 3.63) is 46.2 Å². The number of hydrogen-bond donors (Lipinski definition) is 1. The van der Waals surface area contributed by atoms with Gasteiger partial charge in [0.1, 0.15) is 0 Å². The van der Waals surface area contributed by atoms with Gasteiger partial charge in [0.25, 0.3) is 5.56 Å². The van der Waals surface area contributed by atoms with Crippen molar-refractivity contribution >= 4 is 0 Å². The molecule has 2 rings (SSSR count). The molecule has 1 aromatic carbocycles. The fraction of sp³-hybridized carbons (Fsp3) is 0.400. The molecule has 0 bridgehead atoms. The lowest BCUT2D eigenvalue weighted by Crippen LogP contribution is -2.09. The first kappa shape index (κ1) is 12.7. The molecule has 3 heteroatoms. The van der Waals surface area contributed by atoms with Crippen molar-refractivity contribution in [2.75, 3.05) is 0 Å². The highest BCUT2D eigenvalue weighted by atomic mass is 16.1. The van der Waals surface area contributed by atoms with Crippen molar-refractivity contribution in [1.29, 1.82) is 0 Å². The van der Waals surface area contributed by atoms with Gasteiger partial charge in [0.2, 0.25) is 0 Å². The predicted octanol–water partition coefficient (Wildman–Crippen LogP) is 3.38. The molecule has 0 amide bonds. The third-order valence-electron chi connectivity index (χ3n) is 3.09. The van der Waals surface area contributed by atoms with Gasteiger partial charge in [-0.2, -0.15) is 0 Å². The quantitative estimate of drug-likeness (QED) is 0.879. The summed E-state index contributed by atoms with van der Waals surface area (Å²) in [6.45, 7) is 6.26. The summed E-state index contributed by atoms with van der Waals surface area (Å²) in [7, 11) is 0. The van der Waals surface area contributed by atoms with Gasteiger partial charge in [-0.3, -0.25) is 14.6 Å². The third kappa shape index (κ3) is 2.26. The van der Waals surface area contributed by atoms with Crippen LogP contribution in [-0.2, 0) is 6.42 Å². The highest BCUT2D eigenvalue weighted by molar-refractivity contribution is 5.63. The molecule has 0 saturated heterocycles. The van der Waals surface area contributed by atoms with Crippen LogP contribution in [0.15, 0.2) is 35.1 Å². The number of hydrogen-bond acceptors (Lipinski definition) is 1. The Morgan fingerprint density at radius 3 is 2.44 bits per heavy atom. The smallest absolute Gasteiger partial charge is 0.267 e. The van der Waals surface area contributed by atoms with Gasteiger partial charge < -0.3 is 0 Å². The Labute approximate surface area is 107 Å². The monoisotopic (exact) mass is 244 g/mol. The molecule has 96 valence electrons. The fourth-order valence-electron chi connectivity index (χ4n) is 2.26. The molecule has 18 heavy (non-hydrogen) atoms. The maximum absolute atomic E-state index is 12.1. The average Bonchev–Trinajstić information content (AvgIpc) is 2.69. The van der Waals surface area contributed by atoms with E-state index in [-0.39, 0.29) is 11.6 Å². The number of aromatic nitrogens is 2. The highest BCUT2D eigenvalue weighted by Crippen LogP contribution is 2.24. The van der Waals surface area contributed by atoms with Gasteiger partial charge in [-0.25, -0.2) is 0 Å². The van der Waals surface area contributed by atoms with E-state index in [1.165, 1.54) is 0 Å². The minimum absolute atomic E-state index is 0.0457. The molecule has 2 aromatic rings. The van der Waals surface area contributed by atoms with Crippen molar-refractivity contribution in [2.45, 2.75) is 39.7 Å². The molecule has 0 unspecified atom stereocenters. The molecule has 3 nitrogen and oxygen atoms in total. The lowest BCUT2D eigenvalue weighted by Gasteiger charge is -2.13. The van der Waals surface area contributed by atoms with E-state index in [4.69, 9.17) is 0 Å². The van der Waals surface area contributed by atoms with Gasteiger partial charge in [-0.15, -0.1) is 0 Å². The van der Waals surface area contributed by atoms with Crippen LogP contribution in [0, 0.1) is 0 Å². The van der Waals surface area contributed by atoms with E-state index in [0.717, 1.165) is 29.7 Å². The normalized spacial score (nSPS) is 11.1. The molecule has 1 heterocycles. The summed E-state index contributed by atoms with van der Waals surface area (Å²) in [4.78, 5) is 12.1. The van der Waals surface area contributed by atoms with Crippen LogP contribution < -0.4 is 5.56 Å². The lowest BCUT2D eigenvalue weighted by molar-refractivity contribution is 0.534. The van der Waals surface area contributed by atoms with Crippen LogP contribution in [0.3, 0.4) is 0 Å². The maximum atomic E-state index is 12.1. The van der Waals surface area contributed by atoms with Crippen LogP contribution >= 0.6 is 0 Å². The first-order valence-electron chi connectivity index (χ1n) is 6.54. The van der Waals surface area contributed by atoms with Gasteiger partial charge in [0.05, 0.1) is 5.69 Å². The van der Waals surface area contributed by atoms with E-state index < -0.39 is 0 Å². The number of rotatable bonds is 4. The largest absolute Gasteiger partial charge is 0.282 e. The number of nitrogens with one attached hydrogen (secondary N) is 1. The van der Waals surface area contributed by atoms with Gasteiger partial charge in [0.15, 0.2) is 0 Å². The zero-order valence-corrected chi connectivity index (χ0v) is 11.2. The Morgan fingerprint density at radius 2 is 1.89 bits per heavy atom. The Kier molecular flexibility index (Phi) is 3.70. The molecule has 0 aliphatic heterocycles. The summed E-state index contributed by atoms with van der Waals surface area (Å²) in [5.74, 6) is 0. The van der Waals surface area contributed by atoms with E-state index in [9.17, 15) is 4.79 Å². The summed E-state index contributed by atoms with van der Waals surface area (Å²) in [5.41, 5.74) is 3.09. The SMILES string of the molecule is CCCc1c(-c2ccccc2)n(C(C)C)[nH]c1=O. The second-order valence-electron chi connectivity index (χ2n) is 4.85. The standard InChI is InChI=1S/C15H20N2O/c1-4-8-13-14(12-9-6-5-7-10-12)17(11(2)3)16-15(13)18/h5-7,9-11H,4,8H2,1-3H3,(H,16,18). The Balaban J connectivity index is 2.65. The van der Waals surface area contributed by atoms with E-state index in [2.05, 4.69) is 38.0 Å². The average molecular weight is 244 g/mol. The van der Waals surface area contributed by atoms with Crippen molar-refractivity contribution in [2.24, 2.45) is 0 Å². The van der Waals surface area contributed by atoms with Gasteiger partial charge in [0, 0.05) is 17.2 Å². The van der Waals surface area contributed by atoms with Crippen molar-refractivity contribution in [1.82, 2.24) is 9.78 Å². The molecule has 0 spiro atoms. The fourth-order valence-corrected chi connectivity index (χ4v) is 2.26. The molecule has 0 aliphatic carbocycles. The molecular formula is C15H20N2O. The molecule has 0 fully saturated rings. The zero-order chi connectivity index (χ0) is 13.1. The minimum Gasteiger partial charge on any atom is -0.282 e. The Morgan fingerprint density at radius 1 is 1.22 bits per heavy atom. The molecule has 0 radical (unpaired) electrons. The van der Waals surface area contributed by atoms with E-state index >= 15 is 0 Å². The van der Waals surface area contributed by atoms with Crippen molar-refractivity contribution < 1.29 is 0 Å². The van der Waals surface area contributed by atoms with Gasteiger partial charge >= 0.3 is 0 Å². The number of benzene rings is 1. The Hall–Kier alpha value is -1.77. The van der Waals surface area contributed by atoms with Crippen LogP contribution in [0.2, 0.25) is 0 Å². The second-order valence-corrected chi connectivity index (χ2v) is 4.85. The zero-order valence-electron chi connectivity index (χ0n) is 11.2. The van der Waals surface area contributed by atoms with Crippen molar-refractivity contribution in [3.63, 3.8) is 0 Å². The predicted molar refractivity (Wildman–Crippen MR) is 74.9 cm³/mol. The van der Waals surface area contributed by atoms with Crippen LogP contribution in [-0.4, -0.2) is 9.78 Å². The summed E-state index contributed by atoms with van der Waals surface area (Å²) >= 11 is 0. The van der Waals surface area contributed by atoms with Crippen LogP contribution in [0.4, 0.5) is 0 Å². The lowest BCUT2D eigenvalue weighted by atomic mass is 10.0. The third-order valence-corrected chi connectivity index (χ3v) is 3.09. The number of aromatic amines is 1. The summed E-state index contributed by atoms with van der Waals surface area (Å²) < 4.78 is 1.97. The van der Waals surface area contributed by atoms with Gasteiger partial charge in [-0.05, 0) is 20.3 Å². The molecular weight excluding hydrogens is 224 g/mol. The molecule has 0 saturated carbocycles. The summed E-state index contributed by atoms with van der Waals surface area (Å²) in [6.07, 6.45) is 1.80. The molecule has 0 atom stereocenters. The highest BCUT2D eigenvalue weighted by Gasteiger charge is 2.16. The summed E-state index contributed by atoms with van der Waals surface area (Å²) in [6, 6.07) is 10.4. The topological polar surface area (TPSA) is 37.8 Å². The number of H-pyrrole nitrogens is 1.